The van der Waals surface area contributed by atoms with Gasteiger partial charge in [0.1, 0.15) is 11.8 Å². The average Bonchev–Trinajstić information content (AvgIpc) is 3.20. The number of rotatable bonds is 5. The lowest BCUT2D eigenvalue weighted by molar-refractivity contribution is -0.0742. The normalized spacial score (nSPS) is 22.1. The topological polar surface area (TPSA) is 76.2 Å². The summed E-state index contributed by atoms with van der Waals surface area (Å²) in [6, 6.07) is 3.50. The molecule has 0 aliphatic carbocycles. The van der Waals surface area contributed by atoms with Crippen molar-refractivity contribution >= 4 is 17.2 Å². The molecule has 1 aliphatic rings. The second-order valence-corrected chi connectivity index (χ2v) is 5.58. The van der Waals surface area contributed by atoms with Crippen LogP contribution in [0.2, 0.25) is 0 Å². The van der Waals surface area contributed by atoms with E-state index in [0.29, 0.717) is 25.5 Å². The van der Waals surface area contributed by atoms with Crippen molar-refractivity contribution < 1.29 is 14.3 Å². The fourth-order valence-corrected chi connectivity index (χ4v) is 2.80. The maximum Gasteiger partial charge on any atom is 0.267 e. The number of hydrogen-bond donors (Lipinski definition) is 2. The van der Waals surface area contributed by atoms with Crippen molar-refractivity contribution in [1.29, 1.82) is 0 Å². The molecule has 0 spiro atoms. The molecule has 6 nitrogen and oxygen atoms in total. The van der Waals surface area contributed by atoms with Crippen LogP contribution < -0.4 is 5.32 Å². The summed E-state index contributed by atoms with van der Waals surface area (Å²) in [5.74, 6) is -0.117. The van der Waals surface area contributed by atoms with Crippen molar-refractivity contribution in [2.75, 3.05) is 13.2 Å². The Labute approximate surface area is 126 Å². The van der Waals surface area contributed by atoms with Crippen LogP contribution in [-0.2, 0) is 16.1 Å². The molecule has 112 valence electrons. The molecule has 0 bridgehead atoms. The molecule has 1 fully saturated rings. The number of nitrogens with zero attached hydrogens (tertiary/aromatic N) is 1. The van der Waals surface area contributed by atoms with E-state index < -0.39 is 0 Å². The van der Waals surface area contributed by atoms with Crippen LogP contribution in [-0.4, -0.2) is 41.2 Å². The van der Waals surface area contributed by atoms with Gasteiger partial charge in [-0.05, 0) is 18.6 Å². The lowest BCUT2D eigenvalue weighted by atomic mass is 10.1. The maximum atomic E-state index is 12.1. The van der Waals surface area contributed by atoms with Gasteiger partial charge < -0.3 is 19.8 Å². The average molecular weight is 307 g/mol. The number of amides is 1. The van der Waals surface area contributed by atoms with Crippen LogP contribution >= 0.6 is 11.3 Å². The van der Waals surface area contributed by atoms with E-state index in [1.165, 1.54) is 11.3 Å². The molecule has 1 aliphatic heterocycles. The SMILES string of the molecule is O=C(N[C@@H]1CCOC[C@H]1OCc1cscn1)c1ccc[nH]1. The molecule has 0 saturated carbocycles. The Balaban J connectivity index is 1.57. The summed E-state index contributed by atoms with van der Waals surface area (Å²) in [6.45, 7) is 1.55. The van der Waals surface area contributed by atoms with Crippen molar-refractivity contribution in [3.05, 3.63) is 40.6 Å². The van der Waals surface area contributed by atoms with Gasteiger partial charge in [0, 0.05) is 18.2 Å². The van der Waals surface area contributed by atoms with Gasteiger partial charge in [0.15, 0.2) is 0 Å². The predicted molar refractivity (Wildman–Crippen MR) is 78.2 cm³/mol. The maximum absolute atomic E-state index is 12.1. The number of hydrogen-bond acceptors (Lipinski definition) is 5. The number of aromatic amines is 1. The summed E-state index contributed by atoms with van der Waals surface area (Å²) in [7, 11) is 0. The van der Waals surface area contributed by atoms with E-state index in [-0.39, 0.29) is 18.1 Å². The van der Waals surface area contributed by atoms with E-state index in [1.807, 2.05) is 5.38 Å². The molecule has 0 unspecified atom stereocenters. The molecular weight excluding hydrogens is 290 g/mol. The minimum Gasteiger partial charge on any atom is -0.379 e. The minimum absolute atomic E-state index is 0.0480. The first kappa shape index (κ1) is 14.2. The summed E-state index contributed by atoms with van der Waals surface area (Å²) in [5, 5.41) is 4.96. The van der Waals surface area contributed by atoms with E-state index in [9.17, 15) is 4.79 Å². The van der Waals surface area contributed by atoms with Crippen molar-refractivity contribution in [1.82, 2.24) is 15.3 Å². The molecule has 1 amide bonds. The van der Waals surface area contributed by atoms with Crippen molar-refractivity contribution in [3.63, 3.8) is 0 Å². The van der Waals surface area contributed by atoms with Crippen LogP contribution in [0.4, 0.5) is 0 Å². The zero-order chi connectivity index (χ0) is 14.5. The molecule has 21 heavy (non-hydrogen) atoms. The molecule has 3 rings (SSSR count). The molecule has 1 saturated heterocycles. The van der Waals surface area contributed by atoms with Gasteiger partial charge in [-0.1, -0.05) is 0 Å². The Morgan fingerprint density at radius 1 is 1.62 bits per heavy atom. The Bertz CT molecular complexity index is 556. The fourth-order valence-electron chi connectivity index (χ4n) is 2.26. The first-order valence-electron chi connectivity index (χ1n) is 6.83. The predicted octanol–water partition coefficient (Wildman–Crippen LogP) is 1.58. The molecule has 0 radical (unpaired) electrons. The summed E-state index contributed by atoms with van der Waals surface area (Å²) in [4.78, 5) is 19.2. The first-order valence-corrected chi connectivity index (χ1v) is 7.78. The van der Waals surface area contributed by atoms with Gasteiger partial charge in [-0.15, -0.1) is 11.3 Å². The quantitative estimate of drug-likeness (QED) is 0.879. The van der Waals surface area contributed by atoms with Gasteiger partial charge >= 0.3 is 0 Å². The third-order valence-electron chi connectivity index (χ3n) is 3.39. The van der Waals surface area contributed by atoms with Gasteiger partial charge in [-0.2, -0.15) is 0 Å². The van der Waals surface area contributed by atoms with Crippen molar-refractivity contribution in [2.24, 2.45) is 0 Å². The molecule has 3 heterocycles. The number of thiazole rings is 1. The van der Waals surface area contributed by atoms with Gasteiger partial charge in [0.25, 0.3) is 5.91 Å². The van der Waals surface area contributed by atoms with E-state index >= 15 is 0 Å². The lowest BCUT2D eigenvalue weighted by Crippen LogP contribution is -2.50. The second-order valence-electron chi connectivity index (χ2n) is 4.86. The van der Waals surface area contributed by atoms with Crippen molar-refractivity contribution in [3.8, 4) is 0 Å². The van der Waals surface area contributed by atoms with Gasteiger partial charge in [-0.3, -0.25) is 4.79 Å². The zero-order valence-electron chi connectivity index (χ0n) is 11.5. The highest BCUT2D eigenvalue weighted by molar-refractivity contribution is 7.07. The first-order chi connectivity index (χ1) is 10.3. The van der Waals surface area contributed by atoms with Crippen LogP contribution in [0.25, 0.3) is 0 Å². The smallest absolute Gasteiger partial charge is 0.267 e. The van der Waals surface area contributed by atoms with Crippen LogP contribution in [0.3, 0.4) is 0 Å². The molecule has 2 atom stereocenters. The minimum atomic E-state index is -0.153. The summed E-state index contributed by atoms with van der Waals surface area (Å²) in [6.07, 6.45) is 2.32. The number of aromatic nitrogens is 2. The Kier molecular flexibility index (Phi) is 4.64. The highest BCUT2D eigenvalue weighted by Gasteiger charge is 2.28. The summed E-state index contributed by atoms with van der Waals surface area (Å²) in [5.41, 5.74) is 3.24. The number of carbonyl (C=O) groups is 1. The van der Waals surface area contributed by atoms with Gasteiger partial charge in [0.05, 0.1) is 30.5 Å². The highest BCUT2D eigenvalue weighted by atomic mass is 32.1. The Morgan fingerprint density at radius 2 is 2.57 bits per heavy atom. The molecule has 2 aromatic rings. The monoisotopic (exact) mass is 307 g/mol. The number of ether oxygens (including phenoxy) is 2. The molecule has 7 heteroatoms. The Morgan fingerprint density at radius 3 is 3.33 bits per heavy atom. The molecule has 0 aromatic carbocycles. The van der Waals surface area contributed by atoms with E-state index in [0.717, 1.165) is 12.1 Å². The van der Waals surface area contributed by atoms with Crippen LogP contribution in [0, 0.1) is 0 Å². The van der Waals surface area contributed by atoms with Gasteiger partial charge in [-0.25, -0.2) is 4.98 Å². The van der Waals surface area contributed by atoms with Crippen LogP contribution in [0.5, 0.6) is 0 Å². The second kappa shape index (κ2) is 6.84. The Hall–Kier alpha value is -1.70. The zero-order valence-corrected chi connectivity index (χ0v) is 12.3. The number of H-pyrrole nitrogens is 1. The van der Waals surface area contributed by atoms with E-state index in [1.54, 1.807) is 23.8 Å². The molecular formula is C14H17N3O3S. The van der Waals surface area contributed by atoms with E-state index in [4.69, 9.17) is 9.47 Å². The lowest BCUT2D eigenvalue weighted by Gasteiger charge is -2.31. The third kappa shape index (κ3) is 3.69. The fraction of sp³-hybridized carbons (Fsp3) is 0.429. The van der Waals surface area contributed by atoms with Gasteiger partial charge in [0.2, 0.25) is 0 Å². The van der Waals surface area contributed by atoms with Crippen LogP contribution in [0.1, 0.15) is 22.6 Å². The number of nitrogens with one attached hydrogen (secondary N) is 2. The largest absolute Gasteiger partial charge is 0.379 e. The van der Waals surface area contributed by atoms with Crippen LogP contribution in [0.15, 0.2) is 29.2 Å². The van der Waals surface area contributed by atoms with E-state index in [2.05, 4.69) is 15.3 Å². The highest BCUT2D eigenvalue weighted by Crippen LogP contribution is 2.14. The summed E-state index contributed by atoms with van der Waals surface area (Å²) >= 11 is 1.54. The summed E-state index contributed by atoms with van der Waals surface area (Å²) < 4.78 is 11.3. The van der Waals surface area contributed by atoms with Crippen molar-refractivity contribution in [2.45, 2.75) is 25.2 Å². The molecule has 2 aromatic heterocycles. The molecule has 2 N–H and O–H groups in total. The number of carbonyl (C=O) groups excluding carboxylic acids is 1. The third-order valence-corrected chi connectivity index (χ3v) is 4.03. The standard InChI is InChI=1S/C14H17N3O3S/c18-14(12-2-1-4-15-12)17-11-3-5-19-7-13(11)20-6-10-8-21-9-16-10/h1-2,4,8-9,11,13,15H,3,5-7H2,(H,17,18)/t11-,13-/m1/s1.